The van der Waals surface area contributed by atoms with Crippen LogP contribution in [0.5, 0.6) is 11.5 Å². The second kappa shape index (κ2) is 5.28. The van der Waals surface area contributed by atoms with Crippen LogP contribution in [0.2, 0.25) is 5.15 Å². The summed E-state index contributed by atoms with van der Waals surface area (Å²) in [4.78, 5) is 3.80. The van der Waals surface area contributed by atoms with Crippen molar-refractivity contribution in [1.82, 2.24) is 4.98 Å². The van der Waals surface area contributed by atoms with Gasteiger partial charge in [-0.3, -0.25) is 0 Å². The molecular weight excluding hydrogens is 298 g/mol. The zero-order valence-electron chi connectivity index (χ0n) is 10.1. The molecule has 0 saturated carbocycles. The van der Waals surface area contributed by atoms with Gasteiger partial charge in [-0.1, -0.05) is 11.6 Å². The van der Waals surface area contributed by atoms with Gasteiger partial charge in [-0.05, 0) is 25.1 Å². The Hall–Kier alpha value is -1.82. The molecular formula is C13H8ClF4NO. The molecule has 0 fully saturated rings. The van der Waals surface area contributed by atoms with Crippen molar-refractivity contribution in [3.63, 3.8) is 0 Å². The van der Waals surface area contributed by atoms with Crippen LogP contribution >= 0.6 is 11.6 Å². The molecule has 1 aromatic carbocycles. The lowest BCUT2D eigenvalue weighted by atomic mass is 10.2. The molecule has 2 aromatic rings. The standard InChI is InChI=1S/C13H8ClF4NO/c1-7-6-19-12(14)5-11(7)20-8-2-3-10(15)9(4-8)13(16,17)18/h2-6H,1H3. The van der Waals surface area contributed by atoms with Crippen LogP contribution in [0, 0.1) is 12.7 Å². The Balaban J connectivity index is 2.37. The summed E-state index contributed by atoms with van der Waals surface area (Å²) >= 11 is 5.68. The highest BCUT2D eigenvalue weighted by atomic mass is 35.5. The normalized spacial score (nSPS) is 11.5. The van der Waals surface area contributed by atoms with Gasteiger partial charge in [0.1, 0.15) is 22.5 Å². The number of benzene rings is 1. The van der Waals surface area contributed by atoms with E-state index < -0.39 is 17.6 Å². The number of nitrogens with zero attached hydrogens (tertiary/aromatic N) is 1. The van der Waals surface area contributed by atoms with Crippen molar-refractivity contribution in [2.24, 2.45) is 0 Å². The summed E-state index contributed by atoms with van der Waals surface area (Å²) in [5, 5.41) is 0.142. The molecule has 7 heteroatoms. The molecule has 20 heavy (non-hydrogen) atoms. The van der Waals surface area contributed by atoms with Crippen molar-refractivity contribution in [2.75, 3.05) is 0 Å². The average Bonchev–Trinajstić information content (AvgIpc) is 2.35. The van der Waals surface area contributed by atoms with E-state index in [0.717, 1.165) is 6.07 Å². The number of ether oxygens (including phenoxy) is 1. The second-order valence-electron chi connectivity index (χ2n) is 4.01. The zero-order chi connectivity index (χ0) is 14.9. The number of alkyl halides is 3. The number of pyridine rings is 1. The predicted octanol–water partition coefficient (Wildman–Crippen LogP) is 4.99. The lowest BCUT2D eigenvalue weighted by Gasteiger charge is -2.12. The van der Waals surface area contributed by atoms with Crippen LogP contribution < -0.4 is 4.74 Å². The lowest BCUT2D eigenvalue weighted by molar-refractivity contribution is -0.140. The first-order chi connectivity index (χ1) is 9.27. The van der Waals surface area contributed by atoms with Gasteiger partial charge in [0, 0.05) is 17.8 Å². The number of hydrogen-bond acceptors (Lipinski definition) is 2. The van der Waals surface area contributed by atoms with Crippen LogP contribution in [0.3, 0.4) is 0 Å². The lowest BCUT2D eigenvalue weighted by Crippen LogP contribution is -2.08. The van der Waals surface area contributed by atoms with E-state index in [1.807, 2.05) is 0 Å². The van der Waals surface area contributed by atoms with E-state index in [1.165, 1.54) is 12.3 Å². The van der Waals surface area contributed by atoms with E-state index >= 15 is 0 Å². The third kappa shape index (κ3) is 3.19. The maximum absolute atomic E-state index is 13.1. The van der Waals surface area contributed by atoms with E-state index in [1.54, 1.807) is 6.92 Å². The van der Waals surface area contributed by atoms with Crippen molar-refractivity contribution < 1.29 is 22.3 Å². The van der Waals surface area contributed by atoms with Gasteiger partial charge in [0.2, 0.25) is 0 Å². The van der Waals surface area contributed by atoms with E-state index in [-0.39, 0.29) is 16.7 Å². The topological polar surface area (TPSA) is 22.1 Å². The van der Waals surface area contributed by atoms with Crippen LogP contribution in [0.4, 0.5) is 17.6 Å². The van der Waals surface area contributed by atoms with Crippen LogP contribution in [0.1, 0.15) is 11.1 Å². The van der Waals surface area contributed by atoms with Gasteiger partial charge in [0.15, 0.2) is 0 Å². The first-order valence-electron chi connectivity index (χ1n) is 5.44. The van der Waals surface area contributed by atoms with Crippen LogP contribution in [0.25, 0.3) is 0 Å². The molecule has 0 aliphatic carbocycles. The largest absolute Gasteiger partial charge is 0.457 e. The Kier molecular flexibility index (Phi) is 3.85. The average molecular weight is 306 g/mol. The van der Waals surface area contributed by atoms with Crippen molar-refractivity contribution in [1.29, 1.82) is 0 Å². The van der Waals surface area contributed by atoms with E-state index in [2.05, 4.69) is 4.98 Å². The summed E-state index contributed by atoms with van der Waals surface area (Å²) in [5.41, 5.74) is -0.792. The summed E-state index contributed by atoms with van der Waals surface area (Å²) in [6.45, 7) is 1.66. The molecule has 0 spiro atoms. The molecule has 2 nitrogen and oxygen atoms in total. The molecule has 0 unspecified atom stereocenters. The minimum atomic E-state index is -4.78. The maximum Gasteiger partial charge on any atom is 0.419 e. The monoisotopic (exact) mass is 305 g/mol. The molecule has 0 saturated heterocycles. The number of halogens is 5. The minimum Gasteiger partial charge on any atom is -0.457 e. The fourth-order valence-corrected chi connectivity index (χ4v) is 1.65. The van der Waals surface area contributed by atoms with Crippen molar-refractivity contribution in [2.45, 2.75) is 13.1 Å². The molecule has 2 rings (SSSR count). The fraction of sp³-hybridized carbons (Fsp3) is 0.154. The highest BCUT2D eigenvalue weighted by molar-refractivity contribution is 6.29. The van der Waals surface area contributed by atoms with Crippen molar-refractivity contribution >= 4 is 11.6 Å². The number of rotatable bonds is 2. The molecule has 0 bridgehead atoms. The summed E-state index contributed by atoms with van der Waals surface area (Å²) in [6.07, 6.45) is -3.36. The van der Waals surface area contributed by atoms with Gasteiger partial charge in [-0.15, -0.1) is 0 Å². The zero-order valence-corrected chi connectivity index (χ0v) is 10.9. The molecule has 106 valence electrons. The van der Waals surface area contributed by atoms with E-state index in [4.69, 9.17) is 16.3 Å². The minimum absolute atomic E-state index is 0.135. The molecule has 0 atom stereocenters. The molecule has 0 N–H and O–H groups in total. The predicted molar refractivity (Wildman–Crippen MR) is 65.5 cm³/mol. The molecule has 1 heterocycles. The summed E-state index contributed by atoms with van der Waals surface area (Å²) in [6, 6.07) is 3.78. The van der Waals surface area contributed by atoms with Gasteiger partial charge in [-0.25, -0.2) is 9.37 Å². The first-order valence-corrected chi connectivity index (χ1v) is 5.82. The summed E-state index contributed by atoms with van der Waals surface area (Å²) in [5.74, 6) is -1.23. The van der Waals surface area contributed by atoms with Gasteiger partial charge in [0.25, 0.3) is 0 Å². The number of aromatic nitrogens is 1. The van der Waals surface area contributed by atoms with Crippen LogP contribution in [-0.2, 0) is 6.18 Å². The van der Waals surface area contributed by atoms with Crippen LogP contribution in [0.15, 0.2) is 30.5 Å². The second-order valence-corrected chi connectivity index (χ2v) is 4.40. The van der Waals surface area contributed by atoms with E-state index in [9.17, 15) is 17.6 Å². The van der Waals surface area contributed by atoms with Gasteiger partial charge in [-0.2, -0.15) is 13.2 Å². The van der Waals surface area contributed by atoms with E-state index in [0.29, 0.717) is 17.7 Å². The number of hydrogen-bond donors (Lipinski definition) is 0. The SMILES string of the molecule is Cc1cnc(Cl)cc1Oc1ccc(F)c(C(F)(F)F)c1. The smallest absolute Gasteiger partial charge is 0.419 e. The fourth-order valence-electron chi connectivity index (χ4n) is 1.50. The molecule has 1 aromatic heterocycles. The quantitative estimate of drug-likeness (QED) is 0.576. The molecule has 0 amide bonds. The number of aryl methyl sites for hydroxylation is 1. The first kappa shape index (κ1) is 14.6. The Morgan fingerprint density at radius 1 is 1.20 bits per heavy atom. The van der Waals surface area contributed by atoms with Gasteiger partial charge < -0.3 is 4.74 Å². The van der Waals surface area contributed by atoms with Gasteiger partial charge in [0.05, 0.1) is 5.56 Å². The Morgan fingerprint density at radius 3 is 2.55 bits per heavy atom. The van der Waals surface area contributed by atoms with Crippen molar-refractivity contribution in [3.8, 4) is 11.5 Å². The third-order valence-electron chi connectivity index (χ3n) is 2.49. The Bertz CT molecular complexity index is 643. The maximum atomic E-state index is 13.1. The van der Waals surface area contributed by atoms with Gasteiger partial charge >= 0.3 is 6.18 Å². The van der Waals surface area contributed by atoms with Crippen molar-refractivity contribution in [3.05, 3.63) is 52.6 Å². The summed E-state index contributed by atoms with van der Waals surface area (Å²) < 4.78 is 56.2. The highest BCUT2D eigenvalue weighted by Crippen LogP contribution is 2.35. The molecule has 0 aliphatic rings. The van der Waals surface area contributed by atoms with Crippen LogP contribution in [-0.4, -0.2) is 4.98 Å². The summed E-state index contributed by atoms with van der Waals surface area (Å²) in [7, 11) is 0. The molecule has 0 radical (unpaired) electrons. The highest BCUT2D eigenvalue weighted by Gasteiger charge is 2.34. The molecule has 0 aliphatic heterocycles. The Morgan fingerprint density at radius 2 is 1.90 bits per heavy atom. The third-order valence-corrected chi connectivity index (χ3v) is 2.70. The Labute approximate surface area is 117 Å².